The van der Waals surface area contributed by atoms with Crippen LogP contribution in [0.5, 0.6) is 0 Å². The first-order chi connectivity index (χ1) is 6.06. The van der Waals surface area contributed by atoms with Gasteiger partial charge in [-0.05, 0) is 34.3 Å². The minimum atomic E-state index is -1.01. The molecular formula is C8H6BrClO2S. The highest BCUT2D eigenvalue weighted by molar-refractivity contribution is 9.10. The van der Waals surface area contributed by atoms with Crippen molar-refractivity contribution >= 4 is 45.3 Å². The van der Waals surface area contributed by atoms with Gasteiger partial charge in [-0.15, -0.1) is 11.8 Å². The molecule has 0 atom stereocenters. The molecule has 0 aliphatic rings. The van der Waals surface area contributed by atoms with Gasteiger partial charge in [0, 0.05) is 9.37 Å². The lowest BCUT2D eigenvalue weighted by atomic mass is 10.2. The van der Waals surface area contributed by atoms with Crippen molar-refractivity contribution in [2.24, 2.45) is 0 Å². The van der Waals surface area contributed by atoms with Crippen LogP contribution in [0.2, 0.25) is 5.02 Å². The predicted octanol–water partition coefficient (Wildman–Crippen LogP) is 3.52. The third-order valence-electron chi connectivity index (χ3n) is 1.47. The molecule has 5 heteroatoms. The topological polar surface area (TPSA) is 37.3 Å². The largest absolute Gasteiger partial charge is 0.478 e. The van der Waals surface area contributed by atoms with Gasteiger partial charge < -0.3 is 5.11 Å². The van der Waals surface area contributed by atoms with Crippen LogP contribution >= 0.6 is 39.3 Å². The van der Waals surface area contributed by atoms with Gasteiger partial charge in [0.2, 0.25) is 0 Å². The summed E-state index contributed by atoms with van der Waals surface area (Å²) in [6.07, 6.45) is 1.88. The van der Waals surface area contributed by atoms with Gasteiger partial charge in [0.25, 0.3) is 0 Å². The van der Waals surface area contributed by atoms with E-state index in [2.05, 4.69) is 15.9 Å². The van der Waals surface area contributed by atoms with E-state index in [4.69, 9.17) is 16.7 Å². The number of thioether (sulfide) groups is 1. The summed E-state index contributed by atoms with van der Waals surface area (Å²) >= 11 is 10.4. The van der Waals surface area contributed by atoms with E-state index in [0.29, 0.717) is 4.47 Å². The Labute approximate surface area is 93.4 Å². The Hall–Kier alpha value is -0.190. The fourth-order valence-corrected chi connectivity index (χ4v) is 2.11. The maximum atomic E-state index is 10.7. The van der Waals surface area contributed by atoms with E-state index in [1.165, 1.54) is 11.8 Å². The zero-order valence-electron chi connectivity index (χ0n) is 6.67. The number of carboxylic acid groups (broad SMARTS) is 1. The lowest BCUT2D eigenvalue weighted by Gasteiger charge is -2.04. The molecule has 0 aliphatic carbocycles. The second kappa shape index (κ2) is 4.35. The standard InChI is InChI=1S/C8H6BrClO2S/c1-13-4-2-5(8(11)12)7(10)6(9)3-4/h2-3H,1H3,(H,11,12). The molecule has 1 aromatic rings. The first-order valence-corrected chi connectivity index (χ1v) is 5.72. The van der Waals surface area contributed by atoms with Crippen molar-refractivity contribution < 1.29 is 9.90 Å². The molecule has 70 valence electrons. The van der Waals surface area contributed by atoms with Crippen molar-refractivity contribution in [3.8, 4) is 0 Å². The molecule has 0 aromatic heterocycles. The first kappa shape index (κ1) is 10.9. The van der Waals surface area contributed by atoms with Crippen molar-refractivity contribution in [2.75, 3.05) is 6.26 Å². The summed E-state index contributed by atoms with van der Waals surface area (Å²) in [7, 11) is 0. The summed E-state index contributed by atoms with van der Waals surface area (Å²) in [5.41, 5.74) is 0.125. The van der Waals surface area contributed by atoms with Crippen LogP contribution in [0.3, 0.4) is 0 Å². The molecule has 0 unspecified atom stereocenters. The molecule has 0 heterocycles. The molecule has 2 nitrogen and oxygen atoms in total. The van der Waals surface area contributed by atoms with Gasteiger partial charge >= 0.3 is 5.97 Å². The average Bonchev–Trinajstić information content (AvgIpc) is 2.09. The van der Waals surface area contributed by atoms with E-state index in [0.717, 1.165) is 4.90 Å². The number of rotatable bonds is 2. The van der Waals surface area contributed by atoms with Crippen molar-refractivity contribution in [3.05, 3.63) is 27.2 Å². The van der Waals surface area contributed by atoms with Crippen LogP contribution in [-0.4, -0.2) is 17.3 Å². The Morgan fingerprint density at radius 1 is 1.62 bits per heavy atom. The lowest BCUT2D eigenvalue weighted by Crippen LogP contribution is -1.98. The summed E-state index contributed by atoms with van der Waals surface area (Å²) in [5.74, 6) is -1.01. The van der Waals surface area contributed by atoms with Crippen LogP contribution in [0.4, 0.5) is 0 Å². The molecule has 0 aliphatic heterocycles. The van der Waals surface area contributed by atoms with Crippen LogP contribution in [0.15, 0.2) is 21.5 Å². The van der Waals surface area contributed by atoms with Crippen LogP contribution in [0.25, 0.3) is 0 Å². The second-order valence-electron chi connectivity index (χ2n) is 2.28. The van der Waals surface area contributed by atoms with Crippen LogP contribution in [-0.2, 0) is 0 Å². The Balaban J connectivity index is 3.33. The lowest BCUT2D eigenvalue weighted by molar-refractivity contribution is 0.0696. The fourth-order valence-electron chi connectivity index (χ4n) is 0.838. The Morgan fingerprint density at radius 2 is 2.23 bits per heavy atom. The predicted molar refractivity (Wildman–Crippen MR) is 57.9 cm³/mol. The SMILES string of the molecule is CSc1cc(Br)c(Cl)c(C(=O)O)c1. The fraction of sp³-hybridized carbons (Fsp3) is 0.125. The molecule has 13 heavy (non-hydrogen) atoms. The van der Waals surface area contributed by atoms with E-state index in [1.807, 2.05) is 6.26 Å². The van der Waals surface area contributed by atoms with Crippen molar-refractivity contribution in [1.82, 2.24) is 0 Å². The van der Waals surface area contributed by atoms with E-state index in [1.54, 1.807) is 12.1 Å². The highest BCUT2D eigenvalue weighted by Crippen LogP contribution is 2.31. The summed E-state index contributed by atoms with van der Waals surface area (Å²) < 4.78 is 0.610. The molecule has 1 N–H and O–H groups in total. The monoisotopic (exact) mass is 280 g/mol. The van der Waals surface area contributed by atoms with Crippen LogP contribution < -0.4 is 0 Å². The molecule has 1 rings (SSSR count). The third-order valence-corrected chi connectivity index (χ3v) is 3.44. The molecule has 0 saturated heterocycles. The second-order valence-corrected chi connectivity index (χ2v) is 4.39. The highest BCUT2D eigenvalue weighted by atomic mass is 79.9. The van der Waals surface area contributed by atoms with Crippen molar-refractivity contribution in [3.63, 3.8) is 0 Å². The van der Waals surface area contributed by atoms with Crippen molar-refractivity contribution in [2.45, 2.75) is 4.90 Å². The highest BCUT2D eigenvalue weighted by Gasteiger charge is 2.12. The summed E-state index contributed by atoms with van der Waals surface area (Å²) in [6, 6.07) is 3.35. The van der Waals surface area contributed by atoms with Gasteiger partial charge in [0.1, 0.15) is 0 Å². The number of hydrogen-bond acceptors (Lipinski definition) is 2. The van der Waals surface area contributed by atoms with E-state index >= 15 is 0 Å². The minimum absolute atomic E-state index is 0.125. The maximum absolute atomic E-state index is 10.7. The van der Waals surface area contributed by atoms with Gasteiger partial charge in [0.15, 0.2) is 0 Å². The van der Waals surface area contributed by atoms with E-state index in [9.17, 15) is 4.79 Å². The number of halogens is 2. The molecule has 0 radical (unpaired) electrons. The molecule has 0 spiro atoms. The summed E-state index contributed by atoms with van der Waals surface area (Å²) in [6.45, 7) is 0. The van der Waals surface area contributed by atoms with E-state index in [-0.39, 0.29) is 10.6 Å². The Bertz CT molecular complexity index is 354. The number of carboxylic acids is 1. The summed E-state index contributed by atoms with van der Waals surface area (Å²) in [5, 5.41) is 9.04. The number of benzene rings is 1. The zero-order chi connectivity index (χ0) is 10.0. The quantitative estimate of drug-likeness (QED) is 0.843. The van der Waals surface area contributed by atoms with Crippen LogP contribution in [0.1, 0.15) is 10.4 Å². The zero-order valence-corrected chi connectivity index (χ0v) is 9.83. The molecule has 0 saturated carbocycles. The Morgan fingerprint density at radius 3 is 2.69 bits per heavy atom. The molecule has 0 bridgehead atoms. The van der Waals surface area contributed by atoms with Gasteiger partial charge in [0.05, 0.1) is 10.6 Å². The molecule has 1 aromatic carbocycles. The smallest absolute Gasteiger partial charge is 0.337 e. The third kappa shape index (κ3) is 2.39. The summed E-state index contributed by atoms with van der Waals surface area (Å²) in [4.78, 5) is 11.6. The van der Waals surface area contributed by atoms with Crippen LogP contribution in [0, 0.1) is 0 Å². The minimum Gasteiger partial charge on any atom is -0.478 e. The van der Waals surface area contributed by atoms with Gasteiger partial charge in [-0.1, -0.05) is 11.6 Å². The van der Waals surface area contributed by atoms with E-state index < -0.39 is 5.97 Å². The number of carbonyl (C=O) groups is 1. The Kier molecular flexibility index (Phi) is 3.64. The number of aromatic carboxylic acids is 1. The molecule has 0 fully saturated rings. The average molecular weight is 282 g/mol. The number of hydrogen-bond donors (Lipinski definition) is 1. The van der Waals surface area contributed by atoms with Gasteiger partial charge in [-0.25, -0.2) is 4.79 Å². The maximum Gasteiger partial charge on any atom is 0.337 e. The normalized spacial score (nSPS) is 10.1. The molecular weight excluding hydrogens is 276 g/mol. The van der Waals surface area contributed by atoms with Gasteiger partial charge in [-0.3, -0.25) is 0 Å². The van der Waals surface area contributed by atoms with Gasteiger partial charge in [-0.2, -0.15) is 0 Å². The molecule has 0 amide bonds. The van der Waals surface area contributed by atoms with Crippen molar-refractivity contribution in [1.29, 1.82) is 0 Å². The first-order valence-electron chi connectivity index (χ1n) is 3.32.